The molecule has 0 unspecified atom stereocenters. The predicted octanol–water partition coefficient (Wildman–Crippen LogP) is 3.33. The molecule has 25 heavy (non-hydrogen) atoms. The fourth-order valence-corrected chi connectivity index (χ4v) is 4.29. The van der Waals surface area contributed by atoms with Gasteiger partial charge < -0.3 is 5.32 Å². The number of nitrogens with one attached hydrogen (secondary N) is 1. The minimum Gasteiger partial charge on any atom is -0.322 e. The van der Waals surface area contributed by atoms with E-state index in [9.17, 15) is 13.2 Å². The van der Waals surface area contributed by atoms with E-state index in [2.05, 4.69) is 5.32 Å². The van der Waals surface area contributed by atoms with Gasteiger partial charge in [0.05, 0.1) is 5.02 Å². The highest BCUT2D eigenvalue weighted by Gasteiger charge is 2.22. The lowest BCUT2D eigenvalue weighted by molar-refractivity contribution is 0.102. The van der Waals surface area contributed by atoms with Crippen LogP contribution in [-0.2, 0) is 22.9 Å². The van der Waals surface area contributed by atoms with Gasteiger partial charge in [-0.25, -0.2) is 12.7 Å². The number of hydrogen-bond acceptors (Lipinski definition) is 3. The number of amides is 1. The molecule has 7 heteroatoms. The average Bonchev–Trinajstić information content (AvgIpc) is 3.02. The lowest BCUT2D eigenvalue weighted by atomic mass is 10.1. The molecular formula is C18H19ClN2O3S. The van der Waals surface area contributed by atoms with E-state index < -0.39 is 10.0 Å². The van der Waals surface area contributed by atoms with Crippen LogP contribution >= 0.6 is 11.6 Å². The predicted molar refractivity (Wildman–Crippen MR) is 98.7 cm³/mol. The van der Waals surface area contributed by atoms with Gasteiger partial charge in [-0.2, -0.15) is 0 Å². The van der Waals surface area contributed by atoms with Crippen molar-refractivity contribution in [2.24, 2.45) is 0 Å². The third kappa shape index (κ3) is 3.56. The van der Waals surface area contributed by atoms with Crippen molar-refractivity contribution < 1.29 is 13.2 Å². The maximum absolute atomic E-state index is 12.5. The Hall–Kier alpha value is -1.89. The second kappa shape index (κ2) is 6.78. The van der Waals surface area contributed by atoms with Crippen LogP contribution in [0.2, 0.25) is 5.02 Å². The molecule has 0 aromatic heterocycles. The Morgan fingerprint density at radius 3 is 2.52 bits per heavy atom. The van der Waals surface area contributed by atoms with Gasteiger partial charge in [0.25, 0.3) is 5.91 Å². The number of fused-ring (bicyclic) bond motifs is 1. The van der Waals surface area contributed by atoms with E-state index in [-0.39, 0.29) is 21.4 Å². The first-order chi connectivity index (χ1) is 11.8. The van der Waals surface area contributed by atoms with Gasteiger partial charge in [0, 0.05) is 25.3 Å². The molecule has 1 amide bonds. The standard InChI is InChI=1S/C18H19ClN2O3S/c1-21(2)25(23,24)17-11-14(7-9-16(17)19)18(22)20-15-8-6-12-4-3-5-13(12)10-15/h6-11H,3-5H2,1-2H3,(H,20,22). The third-order valence-corrected chi connectivity index (χ3v) is 6.61. The summed E-state index contributed by atoms with van der Waals surface area (Å²) in [7, 11) is -0.884. The van der Waals surface area contributed by atoms with Crippen LogP contribution in [0.15, 0.2) is 41.3 Å². The van der Waals surface area contributed by atoms with Crippen LogP contribution in [0.5, 0.6) is 0 Å². The van der Waals surface area contributed by atoms with E-state index in [0.29, 0.717) is 5.69 Å². The number of rotatable bonds is 4. The van der Waals surface area contributed by atoms with Crippen molar-refractivity contribution in [3.05, 3.63) is 58.1 Å². The zero-order chi connectivity index (χ0) is 18.2. The Morgan fingerprint density at radius 2 is 1.80 bits per heavy atom. The number of aryl methyl sites for hydroxylation is 2. The van der Waals surface area contributed by atoms with Gasteiger partial charge >= 0.3 is 0 Å². The molecule has 2 aromatic carbocycles. The van der Waals surface area contributed by atoms with Gasteiger partial charge in [-0.3, -0.25) is 4.79 Å². The van der Waals surface area contributed by atoms with Gasteiger partial charge in [-0.05, 0) is 60.7 Å². The normalized spacial score (nSPS) is 13.8. The molecule has 0 bridgehead atoms. The molecule has 0 saturated carbocycles. The molecular weight excluding hydrogens is 360 g/mol. The fourth-order valence-electron chi connectivity index (χ4n) is 2.89. The Balaban J connectivity index is 1.88. The van der Waals surface area contributed by atoms with Crippen LogP contribution in [0.3, 0.4) is 0 Å². The summed E-state index contributed by atoms with van der Waals surface area (Å²) in [6, 6.07) is 10.1. The summed E-state index contributed by atoms with van der Waals surface area (Å²) in [5.41, 5.74) is 3.52. The highest BCUT2D eigenvalue weighted by Crippen LogP contribution is 2.27. The van der Waals surface area contributed by atoms with Crippen molar-refractivity contribution in [2.45, 2.75) is 24.2 Å². The zero-order valence-electron chi connectivity index (χ0n) is 14.0. The quantitative estimate of drug-likeness (QED) is 0.887. The summed E-state index contributed by atoms with van der Waals surface area (Å²) in [4.78, 5) is 12.4. The minimum atomic E-state index is -3.72. The molecule has 1 aliphatic carbocycles. The summed E-state index contributed by atoms with van der Waals surface area (Å²) in [6.45, 7) is 0. The highest BCUT2D eigenvalue weighted by molar-refractivity contribution is 7.89. The number of anilines is 1. The van der Waals surface area contributed by atoms with Gasteiger partial charge in [-0.1, -0.05) is 17.7 Å². The molecule has 3 rings (SSSR count). The molecule has 2 aromatic rings. The number of halogens is 1. The molecule has 5 nitrogen and oxygen atoms in total. The first-order valence-corrected chi connectivity index (χ1v) is 9.76. The summed E-state index contributed by atoms with van der Waals surface area (Å²) in [6.07, 6.45) is 3.23. The van der Waals surface area contributed by atoms with Crippen molar-refractivity contribution in [3.8, 4) is 0 Å². The van der Waals surface area contributed by atoms with E-state index in [0.717, 1.165) is 23.6 Å². The number of nitrogens with zero attached hydrogens (tertiary/aromatic N) is 1. The van der Waals surface area contributed by atoms with Crippen molar-refractivity contribution in [2.75, 3.05) is 19.4 Å². The van der Waals surface area contributed by atoms with Crippen molar-refractivity contribution in [1.82, 2.24) is 4.31 Å². The number of carbonyl (C=O) groups excluding carboxylic acids is 1. The second-order valence-electron chi connectivity index (χ2n) is 6.22. The molecule has 1 N–H and O–H groups in total. The molecule has 0 spiro atoms. The van der Waals surface area contributed by atoms with Crippen LogP contribution in [0.4, 0.5) is 5.69 Å². The maximum atomic E-state index is 12.5. The van der Waals surface area contributed by atoms with E-state index in [1.165, 1.54) is 43.4 Å². The monoisotopic (exact) mass is 378 g/mol. The molecule has 0 fully saturated rings. The summed E-state index contributed by atoms with van der Waals surface area (Å²) < 4.78 is 25.7. The molecule has 0 heterocycles. The lowest BCUT2D eigenvalue weighted by Gasteiger charge is -2.14. The number of sulfonamides is 1. The van der Waals surface area contributed by atoms with Gasteiger partial charge in [-0.15, -0.1) is 0 Å². The van der Waals surface area contributed by atoms with Crippen LogP contribution in [-0.4, -0.2) is 32.7 Å². The van der Waals surface area contributed by atoms with Gasteiger partial charge in [0.15, 0.2) is 0 Å². The van der Waals surface area contributed by atoms with Crippen molar-refractivity contribution in [3.63, 3.8) is 0 Å². The lowest BCUT2D eigenvalue weighted by Crippen LogP contribution is -2.23. The Kier molecular flexibility index (Phi) is 4.86. The van der Waals surface area contributed by atoms with E-state index in [4.69, 9.17) is 11.6 Å². The van der Waals surface area contributed by atoms with Crippen molar-refractivity contribution in [1.29, 1.82) is 0 Å². The topological polar surface area (TPSA) is 66.5 Å². The summed E-state index contributed by atoms with van der Waals surface area (Å²) in [5.74, 6) is -0.371. The number of carbonyl (C=O) groups is 1. The largest absolute Gasteiger partial charge is 0.322 e. The summed E-state index contributed by atoms with van der Waals surface area (Å²) in [5, 5.41) is 2.91. The third-order valence-electron chi connectivity index (χ3n) is 4.31. The van der Waals surface area contributed by atoms with Crippen LogP contribution in [0.25, 0.3) is 0 Å². The van der Waals surface area contributed by atoms with Crippen LogP contribution < -0.4 is 5.32 Å². The molecule has 0 saturated heterocycles. The van der Waals surface area contributed by atoms with E-state index in [1.54, 1.807) is 0 Å². The molecule has 0 aliphatic heterocycles. The molecule has 0 atom stereocenters. The number of benzene rings is 2. The average molecular weight is 379 g/mol. The first kappa shape index (κ1) is 17.9. The van der Waals surface area contributed by atoms with Gasteiger partial charge in [0.2, 0.25) is 10.0 Å². The molecule has 1 aliphatic rings. The fraction of sp³-hybridized carbons (Fsp3) is 0.278. The Labute approximate surface area is 152 Å². The number of hydrogen-bond donors (Lipinski definition) is 1. The van der Waals surface area contributed by atoms with Crippen LogP contribution in [0, 0.1) is 0 Å². The SMILES string of the molecule is CN(C)S(=O)(=O)c1cc(C(=O)Nc2ccc3c(c2)CCC3)ccc1Cl. The maximum Gasteiger partial charge on any atom is 0.255 e. The van der Waals surface area contributed by atoms with Crippen LogP contribution in [0.1, 0.15) is 27.9 Å². The van der Waals surface area contributed by atoms with Crippen molar-refractivity contribution >= 4 is 33.2 Å². The highest BCUT2D eigenvalue weighted by atomic mass is 35.5. The Morgan fingerprint density at radius 1 is 1.08 bits per heavy atom. The Bertz CT molecular complexity index is 939. The van der Waals surface area contributed by atoms with E-state index in [1.807, 2.05) is 18.2 Å². The zero-order valence-corrected chi connectivity index (χ0v) is 15.6. The molecule has 0 radical (unpaired) electrons. The van der Waals surface area contributed by atoms with E-state index >= 15 is 0 Å². The van der Waals surface area contributed by atoms with Gasteiger partial charge in [0.1, 0.15) is 4.90 Å². The molecule has 132 valence electrons. The summed E-state index contributed by atoms with van der Waals surface area (Å²) >= 11 is 6.02. The smallest absolute Gasteiger partial charge is 0.255 e. The first-order valence-electron chi connectivity index (χ1n) is 7.94. The second-order valence-corrected chi connectivity index (χ2v) is 8.75. The minimum absolute atomic E-state index is 0.0826.